The molecule has 2 aromatic rings. The van der Waals surface area contributed by atoms with Crippen molar-refractivity contribution in [1.29, 1.82) is 0 Å². The van der Waals surface area contributed by atoms with E-state index in [9.17, 15) is 10.1 Å². The van der Waals surface area contributed by atoms with E-state index in [4.69, 9.17) is 17.0 Å². The number of rotatable bonds is 2. The molecular formula is C12H11N3O3S. The highest BCUT2D eigenvalue weighted by Gasteiger charge is 2.27. The molecule has 2 heterocycles. The fourth-order valence-corrected chi connectivity index (χ4v) is 2.61. The van der Waals surface area contributed by atoms with Gasteiger partial charge >= 0.3 is 5.69 Å². The zero-order valence-corrected chi connectivity index (χ0v) is 10.7. The molecule has 0 aliphatic carbocycles. The maximum atomic E-state index is 10.9. The summed E-state index contributed by atoms with van der Waals surface area (Å²) in [7, 11) is 0. The molecule has 0 bridgehead atoms. The monoisotopic (exact) mass is 277 g/mol. The minimum absolute atomic E-state index is 0.0219. The van der Waals surface area contributed by atoms with Gasteiger partial charge in [-0.3, -0.25) is 10.1 Å². The van der Waals surface area contributed by atoms with Gasteiger partial charge in [0.05, 0.1) is 11.0 Å². The van der Waals surface area contributed by atoms with E-state index in [1.54, 1.807) is 12.3 Å². The average molecular weight is 277 g/mol. The van der Waals surface area contributed by atoms with Crippen LogP contribution >= 0.6 is 12.2 Å². The Morgan fingerprint density at radius 1 is 1.53 bits per heavy atom. The van der Waals surface area contributed by atoms with Crippen molar-refractivity contribution in [2.75, 3.05) is 6.61 Å². The molecule has 1 aromatic heterocycles. The van der Waals surface area contributed by atoms with Crippen molar-refractivity contribution < 1.29 is 9.66 Å². The summed E-state index contributed by atoms with van der Waals surface area (Å²) in [6.45, 7) is 0.379. The summed E-state index contributed by atoms with van der Waals surface area (Å²) in [6, 6.07) is 5.05. The molecular weight excluding hydrogens is 266 g/mol. The van der Waals surface area contributed by atoms with Crippen molar-refractivity contribution in [3.63, 3.8) is 0 Å². The van der Waals surface area contributed by atoms with Gasteiger partial charge in [-0.2, -0.15) is 0 Å². The fourth-order valence-electron chi connectivity index (χ4n) is 2.33. The van der Waals surface area contributed by atoms with Crippen LogP contribution in [0.5, 0.6) is 5.75 Å². The first kappa shape index (κ1) is 11.9. The van der Waals surface area contributed by atoms with Crippen molar-refractivity contribution in [1.82, 2.24) is 9.55 Å². The summed E-state index contributed by atoms with van der Waals surface area (Å²) in [6.07, 6.45) is 4.30. The topological polar surface area (TPSA) is 73.1 Å². The molecule has 1 atom stereocenters. The quantitative estimate of drug-likeness (QED) is 0.520. The van der Waals surface area contributed by atoms with Crippen molar-refractivity contribution in [2.45, 2.75) is 12.5 Å². The zero-order chi connectivity index (χ0) is 13.4. The van der Waals surface area contributed by atoms with E-state index in [0.29, 0.717) is 23.5 Å². The first-order valence-electron chi connectivity index (χ1n) is 5.81. The lowest BCUT2D eigenvalue weighted by Gasteiger charge is -2.25. The second-order valence-corrected chi connectivity index (χ2v) is 4.75. The van der Waals surface area contributed by atoms with Crippen LogP contribution in [-0.4, -0.2) is 21.1 Å². The van der Waals surface area contributed by atoms with Crippen LogP contribution in [0, 0.1) is 14.9 Å². The van der Waals surface area contributed by atoms with Crippen LogP contribution in [0.1, 0.15) is 11.6 Å². The highest BCUT2D eigenvalue weighted by Crippen LogP contribution is 2.37. The Balaban J connectivity index is 1.97. The van der Waals surface area contributed by atoms with Crippen LogP contribution in [0.25, 0.3) is 0 Å². The maximum absolute atomic E-state index is 10.9. The standard InChI is InChI=1S/C12H11N3O3S/c16-15(17)10-3-1-2-8-6-9(7-18-11(8)10)14-5-4-13-12(14)19/h1-5,9H,6-7H2,(H,13,19). The van der Waals surface area contributed by atoms with E-state index in [0.717, 1.165) is 5.56 Å². The van der Waals surface area contributed by atoms with Gasteiger partial charge < -0.3 is 14.3 Å². The third kappa shape index (κ3) is 2.01. The van der Waals surface area contributed by atoms with Gasteiger partial charge in [-0.1, -0.05) is 12.1 Å². The van der Waals surface area contributed by atoms with Crippen LogP contribution in [0.2, 0.25) is 0 Å². The third-order valence-corrected chi connectivity index (χ3v) is 3.55. The molecule has 0 saturated carbocycles. The molecule has 0 amide bonds. The summed E-state index contributed by atoms with van der Waals surface area (Å²) < 4.78 is 8.13. The number of hydrogen-bond acceptors (Lipinski definition) is 4. The molecule has 98 valence electrons. The number of H-pyrrole nitrogens is 1. The molecule has 1 aromatic carbocycles. The van der Waals surface area contributed by atoms with Crippen LogP contribution < -0.4 is 4.74 Å². The molecule has 1 unspecified atom stereocenters. The van der Waals surface area contributed by atoms with Crippen molar-refractivity contribution in [3.05, 3.63) is 51.0 Å². The SMILES string of the molecule is O=[N+]([O-])c1cccc2c1OCC(n1cc[nH]c1=S)C2. The number of nitro benzene ring substituents is 1. The Morgan fingerprint density at radius 2 is 2.37 bits per heavy atom. The summed E-state index contributed by atoms with van der Waals surface area (Å²) in [4.78, 5) is 13.5. The number of ether oxygens (including phenoxy) is 1. The molecule has 1 aliphatic heterocycles. The van der Waals surface area contributed by atoms with E-state index in [-0.39, 0.29) is 11.7 Å². The normalized spacial score (nSPS) is 17.6. The lowest BCUT2D eigenvalue weighted by atomic mass is 10.0. The van der Waals surface area contributed by atoms with Gasteiger partial charge in [-0.05, 0) is 12.2 Å². The predicted octanol–water partition coefficient (Wildman–Crippen LogP) is 2.63. The minimum atomic E-state index is -0.416. The van der Waals surface area contributed by atoms with E-state index >= 15 is 0 Å². The number of imidazole rings is 1. The van der Waals surface area contributed by atoms with Crippen molar-refractivity contribution in [3.8, 4) is 5.75 Å². The molecule has 1 N–H and O–H groups in total. The number of benzene rings is 1. The van der Waals surface area contributed by atoms with Gasteiger partial charge in [-0.15, -0.1) is 0 Å². The number of hydrogen-bond donors (Lipinski definition) is 1. The Labute approximate surface area is 113 Å². The Bertz CT molecular complexity index is 692. The largest absolute Gasteiger partial charge is 0.484 e. The van der Waals surface area contributed by atoms with Gasteiger partial charge in [0.1, 0.15) is 6.61 Å². The lowest BCUT2D eigenvalue weighted by molar-refractivity contribution is -0.386. The zero-order valence-electron chi connectivity index (χ0n) is 9.91. The average Bonchev–Trinajstić information content (AvgIpc) is 2.83. The van der Waals surface area contributed by atoms with Crippen LogP contribution in [0.4, 0.5) is 5.69 Å². The second-order valence-electron chi connectivity index (χ2n) is 4.36. The summed E-state index contributed by atoms with van der Waals surface area (Å²) in [5.41, 5.74) is 0.863. The molecule has 0 saturated heterocycles. The second kappa shape index (κ2) is 4.51. The Morgan fingerprint density at radius 3 is 3.05 bits per heavy atom. The number of aromatic nitrogens is 2. The number of aromatic amines is 1. The molecule has 19 heavy (non-hydrogen) atoms. The van der Waals surface area contributed by atoms with Gasteiger partial charge in [0.2, 0.25) is 0 Å². The van der Waals surface area contributed by atoms with Crippen LogP contribution in [0.3, 0.4) is 0 Å². The lowest BCUT2D eigenvalue weighted by Crippen LogP contribution is -2.24. The van der Waals surface area contributed by atoms with Crippen molar-refractivity contribution >= 4 is 17.9 Å². The van der Waals surface area contributed by atoms with Gasteiger partial charge in [0.25, 0.3) is 0 Å². The molecule has 0 spiro atoms. The van der Waals surface area contributed by atoms with E-state index in [2.05, 4.69) is 4.98 Å². The first-order valence-corrected chi connectivity index (χ1v) is 6.22. The highest BCUT2D eigenvalue weighted by atomic mass is 32.1. The van der Waals surface area contributed by atoms with E-state index in [1.807, 2.05) is 16.8 Å². The van der Waals surface area contributed by atoms with Crippen LogP contribution in [-0.2, 0) is 6.42 Å². The van der Waals surface area contributed by atoms with Gasteiger partial charge in [0.15, 0.2) is 10.5 Å². The minimum Gasteiger partial charge on any atom is -0.484 e. The maximum Gasteiger partial charge on any atom is 0.311 e. The highest BCUT2D eigenvalue weighted by molar-refractivity contribution is 7.71. The van der Waals surface area contributed by atoms with Gasteiger partial charge in [-0.25, -0.2) is 0 Å². The summed E-state index contributed by atoms with van der Waals surface area (Å²) >= 11 is 5.18. The number of nitrogens with one attached hydrogen (secondary N) is 1. The molecule has 0 fully saturated rings. The number of nitrogens with zero attached hydrogens (tertiary/aromatic N) is 2. The number of fused-ring (bicyclic) bond motifs is 1. The molecule has 3 rings (SSSR count). The van der Waals surface area contributed by atoms with E-state index < -0.39 is 4.92 Å². The third-order valence-electron chi connectivity index (χ3n) is 3.22. The number of para-hydroxylation sites is 1. The fraction of sp³-hybridized carbons (Fsp3) is 0.250. The summed E-state index contributed by atoms with van der Waals surface area (Å²) in [5.74, 6) is 0.380. The van der Waals surface area contributed by atoms with Crippen LogP contribution in [0.15, 0.2) is 30.6 Å². The molecule has 1 aliphatic rings. The predicted molar refractivity (Wildman–Crippen MR) is 70.9 cm³/mol. The summed E-state index contributed by atoms with van der Waals surface area (Å²) in [5, 5.41) is 10.9. The molecule has 7 heteroatoms. The van der Waals surface area contributed by atoms with E-state index in [1.165, 1.54) is 6.07 Å². The Hall–Kier alpha value is -2.15. The van der Waals surface area contributed by atoms with Crippen molar-refractivity contribution in [2.24, 2.45) is 0 Å². The molecule has 6 nitrogen and oxygen atoms in total. The molecule has 0 radical (unpaired) electrons. The number of nitro groups is 1. The smallest absolute Gasteiger partial charge is 0.311 e. The first-order chi connectivity index (χ1) is 9.16. The van der Waals surface area contributed by atoms with Gasteiger partial charge in [0, 0.05) is 30.4 Å². The Kier molecular flexibility index (Phi) is 2.83.